The lowest BCUT2D eigenvalue weighted by Crippen LogP contribution is -2.23. The summed E-state index contributed by atoms with van der Waals surface area (Å²) in [7, 11) is 1.62. The van der Waals surface area contributed by atoms with Gasteiger partial charge in [-0.1, -0.05) is 54.6 Å². The highest BCUT2D eigenvalue weighted by Gasteiger charge is 2.17. The molecule has 1 heterocycles. The lowest BCUT2D eigenvalue weighted by atomic mass is 10.0. The van der Waals surface area contributed by atoms with E-state index < -0.39 is 0 Å². The van der Waals surface area contributed by atoms with Gasteiger partial charge in [0.1, 0.15) is 11.5 Å². The fourth-order valence-electron chi connectivity index (χ4n) is 3.33. The predicted octanol–water partition coefficient (Wildman–Crippen LogP) is 4.43. The van der Waals surface area contributed by atoms with Crippen molar-refractivity contribution >= 4 is 10.9 Å². The molecule has 0 aliphatic heterocycles. The number of fused-ring (bicyclic) bond motifs is 1. The van der Waals surface area contributed by atoms with E-state index in [0.29, 0.717) is 28.6 Å². The van der Waals surface area contributed by atoms with Gasteiger partial charge in [0.2, 0.25) is 0 Å². The van der Waals surface area contributed by atoms with Crippen LogP contribution in [0.3, 0.4) is 0 Å². The Morgan fingerprint density at radius 3 is 2.26 bits per heavy atom. The summed E-state index contributed by atoms with van der Waals surface area (Å²) in [6, 6.07) is 24.3. The van der Waals surface area contributed by atoms with E-state index in [-0.39, 0.29) is 11.3 Å². The van der Waals surface area contributed by atoms with Gasteiger partial charge in [-0.25, -0.2) is 0 Å². The second kappa shape index (κ2) is 7.00. The van der Waals surface area contributed by atoms with Gasteiger partial charge in [0, 0.05) is 5.39 Å². The Morgan fingerprint density at radius 2 is 1.56 bits per heavy atom. The molecule has 4 nitrogen and oxygen atoms in total. The van der Waals surface area contributed by atoms with E-state index >= 15 is 0 Å². The molecule has 0 radical (unpaired) electrons. The molecular formula is C23H19NO3. The minimum Gasteiger partial charge on any atom is -0.506 e. The van der Waals surface area contributed by atoms with Crippen LogP contribution in [0.25, 0.3) is 22.0 Å². The Morgan fingerprint density at radius 1 is 0.889 bits per heavy atom. The van der Waals surface area contributed by atoms with Crippen molar-refractivity contribution in [3.63, 3.8) is 0 Å². The first-order chi connectivity index (χ1) is 13.2. The summed E-state index contributed by atoms with van der Waals surface area (Å²) >= 11 is 0. The van der Waals surface area contributed by atoms with E-state index in [1.165, 1.54) is 0 Å². The number of methoxy groups -OCH3 is 1. The Kier molecular flexibility index (Phi) is 4.38. The van der Waals surface area contributed by atoms with Gasteiger partial charge in [0.25, 0.3) is 5.56 Å². The van der Waals surface area contributed by atoms with Crippen LogP contribution in [0.4, 0.5) is 0 Å². The van der Waals surface area contributed by atoms with Crippen molar-refractivity contribution in [2.24, 2.45) is 0 Å². The zero-order chi connectivity index (χ0) is 18.8. The SMILES string of the molecule is COc1ccc(Cn2c(=O)c(-c3ccccc3)c(O)c3ccccc32)cc1. The van der Waals surface area contributed by atoms with Crippen molar-refractivity contribution in [3.05, 3.63) is 94.8 Å². The minimum absolute atomic E-state index is 0.0211. The fourth-order valence-corrected chi connectivity index (χ4v) is 3.33. The van der Waals surface area contributed by atoms with Crippen LogP contribution >= 0.6 is 0 Å². The molecule has 0 aliphatic rings. The number of hydrogen-bond donors (Lipinski definition) is 1. The summed E-state index contributed by atoms with van der Waals surface area (Å²) in [6.07, 6.45) is 0. The van der Waals surface area contributed by atoms with Crippen molar-refractivity contribution in [2.75, 3.05) is 7.11 Å². The molecule has 134 valence electrons. The van der Waals surface area contributed by atoms with Crippen molar-refractivity contribution in [3.8, 4) is 22.6 Å². The van der Waals surface area contributed by atoms with Gasteiger partial charge in [-0.15, -0.1) is 0 Å². The van der Waals surface area contributed by atoms with Gasteiger partial charge in [-0.2, -0.15) is 0 Å². The summed E-state index contributed by atoms with van der Waals surface area (Å²) in [4.78, 5) is 13.3. The number of nitrogens with zero attached hydrogens (tertiary/aromatic N) is 1. The maximum absolute atomic E-state index is 13.3. The molecule has 0 saturated heterocycles. The standard InChI is InChI=1S/C23H19NO3/c1-27-18-13-11-16(12-14-18)15-24-20-10-6-5-9-19(20)22(25)21(23(24)26)17-7-3-2-4-8-17/h2-14,25H,15H2,1H3. The number of benzene rings is 3. The average Bonchev–Trinajstić information content (AvgIpc) is 2.72. The maximum atomic E-state index is 13.3. The van der Waals surface area contributed by atoms with Crippen LogP contribution in [0, 0.1) is 0 Å². The molecule has 1 aromatic heterocycles. The quantitative estimate of drug-likeness (QED) is 0.588. The number of para-hydroxylation sites is 1. The van der Waals surface area contributed by atoms with E-state index in [4.69, 9.17) is 4.74 Å². The van der Waals surface area contributed by atoms with E-state index in [9.17, 15) is 9.90 Å². The summed E-state index contributed by atoms with van der Waals surface area (Å²) in [5.41, 5.74) is 2.49. The number of hydrogen-bond acceptors (Lipinski definition) is 3. The Balaban J connectivity index is 1.94. The molecule has 0 fully saturated rings. The first-order valence-electron chi connectivity index (χ1n) is 8.72. The normalized spacial score (nSPS) is 10.9. The Labute approximate surface area is 156 Å². The minimum atomic E-state index is -0.215. The second-order valence-electron chi connectivity index (χ2n) is 6.35. The van der Waals surface area contributed by atoms with Crippen LogP contribution in [-0.4, -0.2) is 16.8 Å². The summed E-state index contributed by atoms with van der Waals surface area (Å²) < 4.78 is 6.91. The molecule has 4 rings (SSSR count). The van der Waals surface area contributed by atoms with E-state index in [0.717, 1.165) is 11.3 Å². The number of rotatable bonds is 4. The van der Waals surface area contributed by atoms with Crippen molar-refractivity contribution in [1.82, 2.24) is 4.57 Å². The summed E-state index contributed by atoms with van der Waals surface area (Å²) in [5.74, 6) is 0.791. The Hall–Kier alpha value is -3.53. The molecule has 0 bridgehead atoms. The zero-order valence-corrected chi connectivity index (χ0v) is 14.9. The smallest absolute Gasteiger partial charge is 0.263 e. The van der Waals surface area contributed by atoms with Gasteiger partial charge in [0.15, 0.2) is 0 Å². The lowest BCUT2D eigenvalue weighted by molar-refractivity contribution is 0.414. The molecule has 0 unspecified atom stereocenters. The molecule has 0 amide bonds. The first-order valence-corrected chi connectivity index (χ1v) is 8.72. The third kappa shape index (κ3) is 3.06. The second-order valence-corrected chi connectivity index (χ2v) is 6.35. The number of aromatic nitrogens is 1. The number of ether oxygens (including phenoxy) is 1. The van der Waals surface area contributed by atoms with Crippen molar-refractivity contribution in [1.29, 1.82) is 0 Å². The average molecular weight is 357 g/mol. The number of aromatic hydroxyl groups is 1. The van der Waals surface area contributed by atoms with E-state index in [1.807, 2.05) is 78.9 Å². The third-order valence-electron chi connectivity index (χ3n) is 4.71. The zero-order valence-electron chi connectivity index (χ0n) is 14.9. The summed E-state index contributed by atoms with van der Waals surface area (Å²) in [6.45, 7) is 0.406. The highest BCUT2D eigenvalue weighted by Crippen LogP contribution is 2.33. The van der Waals surface area contributed by atoms with Crippen LogP contribution in [0.2, 0.25) is 0 Å². The predicted molar refractivity (Wildman–Crippen MR) is 107 cm³/mol. The molecule has 27 heavy (non-hydrogen) atoms. The van der Waals surface area contributed by atoms with Gasteiger partial charge >= 0.3 is 0 Å². The highest BCUT2D eigenvalue weighted by atomic mass is 16.5. The molecule has 0 saturated carbocycles. The first kappa shape index (κ1) is 16.9. The number of pyridine rings is 1. The van der Waals surface area contributed by atoms with Gasteiger partial charge in [-0.05, 0) is 35.4 Å². The van der Waals surface area contributed by atoms with E-state index in [2.05, 4.69) is 0 Å². The van der Waals surface area contributed by atoms with Crippen LogP contribution in [0.5, 0.6) is 11.5 Å². The molecule has 3 aromatic carbocycles. The molecule has 0 aliphatic carbocycles. The highest BCUT2D eigenvalue weighted by molar-refractivity contribution is 5.92. The largest absolute Gasteiger partial charge is 0.506 e. The molecule has 1 N–H and O–H groups in total. The van der Waals surface area contributed by atoms with Crippen molar-refractivity contribution in [2.45, 2.75) is 6.54 Å². The van der Waals surface area contributed by atoms with Crippen LogP contribution < -0.4 is 10.3 Å². The van der Waals surface area contributed by atoms with Gasteiger partial charge in [-0.3, -0.25) is 4.79 Å². The topological polar surface area (TPSA) is 51.5 Å². The molecular weight excluding hydrogens is 338 g/mol. The van der Waals surface area contributed by atoms with Crippen LogP contribution in [-0.2, 0) is 6.54 Å². The third-order valence-corrected chi connectivity index (χ3v) is 4.71. The monoisotopic (exact) mass is 357 g/mol. The fraction of sp³-hybridized carbons (Fsp3) is 0.0870. The van der Waals surface area contributed by atoms with Crippen molar-refractivity contribution < 1.29 is 9.84 Å². The van der Waals surface area contributed by atoms with Gasteiger partial charge < -0.3 is 14.4 Å². The molecule has 0 spiro atoms. The van der Waals surface area contributed by atoms with Gasteiger partial charge in [0.05, 0.1) is 24.7 Å². The maximum Gasteiger partial charge on any atom is 0.263 e. The molecule has 0 atom stereocenters. The summed E-state index contributed by atoms with van der Waals surface area (Å²) in [5, 5.41) is 11.5. The van der Waals surface area contributed by atoms with Crippen LogP contribution in [0.15, 0.2) is 83.7 Å². The molecule has 4 aromatic rings. The van der Waals surface area contributed by atoms with E-state index in [1.54, 1.807) is 11.7 Å². The van der Waals surface area contributed by atoms with Crippen LogP contribution in [0.1, 0.15) is 5.56 Å². The Bertz CT molecular complexity index is 1150. The lowest BCUT2D eigenvalue weighted by Gasteiger charge is -2.15. The molecule has 4 heteroatoms.